The van der Waals surface area contributed by atoms with Crippen LogP contribution in [0.4, 0.5) is 17.1 Å². The lowest BCUT2D eigenvalue weighted by Crippen LogP contribution is -2.16. The molecule has 0 saturated carbocycles. The van der Waals surface area contributed by atoms with Gasteiger partial charge in [0, 0.05) is 24.3 Å². The molecule has 0 aliphatic rings. The maximum absolute atomic E-state index is 13.2. The number of ether oxygens (including phenoxy) is 2. The number of nitro benzene ring substituents is 1. The normalized spacial score (nSPS) is 11.6. The maximum atomic E-state index is 13.2. The molecule has 3 aromatic rings. The molecule has 0 saturated heterocycles. The Morgan fingerprint density at radius 1 is 1.00 bits per heavy atom. The van der Waals surface area contributed by atoms with Gasteiger partial charge in [0.1, 0.15) is 16.4 Å². The number of anilines is 2. The molecule has 0 fully saturated rings. The minimum absolute atomic E-state index is 0.0853. The molecule has 0 spiro atoms. The molecule has 2 N–H and O–H groups in total. The molecule has 11 heteroatoms. The monoisotopic (exact) mass is 484 g/mol. The summed E-state index contributed by atoms with van der Waals surface area (Å²) in [5, 5.41) is 15.5. The molecule has 0 atom stereocenters. The van der Waals surface area contributed by atoms with Gasteiger partial charge in [0.2, 0.25) is 0 Å². The van der Waals surface area contributed by atoms with Crippen LogP contribution in [0.25, 0.3) is 0 Å². The Morgan fingerprint density at radius 2 is 1.71 bits per heavy atom. The first kappa shape index (κ1) is 24.5. The van der Waals surface area contributed by atoms with Crippen molar-refractivity contribution in [2.24, 2.45) is 5.10 Å². The Kier molecular flexibility index (Phi) is 7.69. The summed E-state index contributed by atoms with van der Waals surface area (Å²) in [6, 6.07) is 17.4. The van der Waals surface area contributed by atoms with Crippen molar-refractivity contribution < 1.29 is 22.8 Å². The highest BCUT2D eigenvalue weighted by Gasteiger charge is 2.24. The number of rotatable bonds is 10. The average Bonchev–Trinajstić information content (AvgIpc) is 2.83. The van der Waals surface area contributed by atoms with Gasteiger partial charge < -0.3 is 9.47 Å². The third kappa shape index (κ3) is 6.01. The molecule has 0 unspecified atom stereocenters. The van der Waals surface area contributed by atoms with E-state index in [1.165, 1.54) is 25.3 Å². The van der Waals surface area contributed by atoms with Gasteiger partial charge in [-0.3, -0.25) is 20.3 Å². The maximum Gasteiger partial charge on any atom is 0.270 e. The van der Waals surface area contributed by atoms with Gasteiger partial charge in [-0.25, -0.2) is 8.42 Å². The van der Waals surface area contributed by atoms with Gasteiger partial charge in [-0.15, -0.1) is 0 Å². The molecule has 10 nitrogen and oxygen atoms in total. The zero-order valence-corrected chi connectivity index (χ0v) is 19.6. The zero-order valence-electron chi connectivity index (χ0n) is 18.8. The van der Waals surface area contributed by atoms with Crippen LogP contribution in [0.5, 0.6) is 11.5 Å². The van der Waals surface area contributed by atoms with E-state index in [0.29, 0.717) is 17.9 Å². The Morgan fingerprint density at radius 3 is 2.35 bits per heavy atom. The van der Waals surface area contributed by atoms with Gasteiger partial charge in [0.15, 0.2) is 0 Å². The van der Waals surface area contributed by atoms with Crippen LogP contribution < -0.4 is 19.6 Å². The van der Waals surface area contributed by atoms with Gasteiger partial charge in [-0.05, 0) is 42.8 Å². The van der Waals surface area contributed by atoms with Crippen LogP contribution in [-0.4, -0.2) is 33.3 Å². The minimum Gasteiger partial charge on any atom is -0.497 e. The van der Waals surface area contributed by atoms with Crippen molar-refractivity contribution in [3.63, 3.8) is 0 Å². The first-order valence-corrected chi connectivity index (χ1v) is 11.6. The Balaban J connectivity index is 1.90. The molecule has 3 aromatic carbocycles. The van der Waals surface area contributed by atoms with Gasteiger partial charge in [-0.2, -0.15) is 5.10 Å². The minimum atomic E-state index is -4.23. The molecule has 0 aliphatic heterocycles. The fourth-order valence-corrected chi connectivity index (χ4v) is 4.35. The van der Waals surface area contributed by atoms with E-state index in [-0.39, 0.29) is 22.0 Å². The number of hydrazone groups is 1. The fraction of sp³-hybridized carbons (Fsp3) is 0.174. The van der Waals surface area contributed by atoms with E-state index in [4.69, 9.17) is 9.47 Å². The van der Waals surface area contributed by atoms with Crippen molar-refractivity contribution in [3.05, 3.63) is 82.4 Å². The first-order chi connectivity index (χ1) is 16.2. The summed E-state index contributed by atoms with van der Waals surface area (Å²) in [5.74, 6) is 1.04. The van der Waals surface area contributed by atoms with E-state index < -0.39 is 14.9 Å². The Bertz CT molecular complexity index is 1310. The van der Waals surface area contributed by atoms with Crippen molar-refractivity contribution in [1.82, 2.24) is 0 Å². The quantitative estimate of drug-likeness (QED) is 0.247. The highest BCUT2D eigenvalue weighted by Crippen LogP contribution is 2.31. The number of para-hydroxylation sites is 2. The molecule has 0 aliphatic carbocycles. The summed E-state index contributed by atoms with van der Waals surface area (Å²) in [6.45, 7) is 1.78. The van der Waals surface area contributed by atoms with Gasteiger partial charge in [-0.1, -0.05) is 24.3 Å². The number of sulfonamides is 1. The average molecular weight is 485 g/mol. The summed E-state index contributed by atoms with van der Waals surface area (Å²) in [4.78, 5) is 10.3. The molecule has 178 valence electrons. The van der Waals surface area contributed by atoms with E-state index in [0.717, 1.165) is 17.4 Å². The fourth-order valence-electron chi connectivity index (χ4n) is 3.10. The Hall–Kier alpha value is -4.12. The lowest BCUT2D eigenvalue weighted by molar-refractivity contribution is -0.385. The molecular formula is C23H24N4O6S. The number of nitrogens with one attached hydrogen (secondary N) is 2. The number of hydrogen-bond donors (Lipinski definition) is 2. The van der Waals surface area contributed by atoms with E-state index in [1.807, 2.05) is 24.3 Å². The van der Waals surface area contributed by atoms with Crippen LogP contribution >= 0.6 is 0 Å². The number of non-ortho nitro benzene ring substituents is 1. The Labute approximate surface area is 197 Å². The van der Waals surface area contributed by atoms with Gasteiger partial charge in [0.05, 0.1) is 30.5 Å². The van der Waals surface area contributed by atoms with Crippen LogP contribution in [0.15, 0.2) is 76.7 Å². The van der Waals surface area contributed by atoms with E-state index in [1.54, 1.807) is 32.2 Å². The zero-order chi connectivity index (χ0) is 24.7. The topological polar surface area (TPSA) is 132 Å². The molecular weight excluding hydrogens is 460 g/mol. The second-order valence-electron chi connectivity index (χ2n) is 7.23. The second kappa shape index (κ2) is 10.7. The van der Waals surface area contributed by atoms with Crippen LogP contribution in [0.3, 0.4) is 0 Å². The summed E-state index contributed by atoms with van der Waals surface area (Å²) in [5.41, 5.74) is 4.30. The molecule has 3 rings (SSSR count). The highest BCUT2D eigenvalue weighted by molar-refractivity contribution is 7.93. The molecule has 34 heavy (non-hydrogen) atoms. The van der Waals surface area contributed by atoms with Crippen LogP contribution in [0, 0.1) is 10.1 Å². The number of nitro groups is 1. The largest absolute Gasteiger partial charge is 0.497 e. The standard InChI is InChI=1S/C23H24N4O6S/c1-16(14-17-8-11-19(32-2)12-9-17)24-25-21-13-10-18(27(28)29)15-23(21)34(30,31)26-20-6-4-5-7-22(20)33-3/h4-13,15,25-26H,14H2,1-3H3/b24-16+. The molecule has 0 amide bonds. The number of hydrogen-bond acceptors (Lipinski definition) is 8. The van der Waals surface area contributed by atoms with Gasteiger partial charge >= 0.3 is 0 Å². The third-order valence-electron chi connectivity index (χ3n) is 4.80. The van der Waals surface area contributed by atoms with Crippen LogP contribution in [0.1, 0.15) is 12.5 Å². The van der Waals surface area contributed by atoms with Crippen molar-refractivity contribution in [3.8, 4) is 11.5 Å². The van der Waals surface area contributed by atoms with Crippen molar-refractivity contribution in [1.29, 1.82) is 0 Å². The van der Waals surface area contributed by atoms with E-state index >= 15 is 0 Å². The third-order valence-corrected chi connectivity index (χ3v) is 6.21. The highest BCUT2D eigenvalue weighted by atomic mass is 32.2. The summed E-state index contributed by atoms with van der Waals surface area (Å²) >= 11 is 0. The molecule has 0 heterocycles. The summed E-state index contributed by atoms with van der Waals surface area (Å²) < 4.78 is 39.1. The second-order valence-corrected chi connectivity index (χ2v) is 8.88. The first-order valence-electron chi connectivity index (χ1n) is 10.1. The number of methoxy groups -OCH3 is 2. The number of benzene rings is 3. The van der Waals surface area contributed by atoms with Crippen molar-refractivity contribution >= 4 is 32.8 Å². The van der Waals surface area contributed by atoms with Crippen LogP contribution in [-0.2, 0) is 16.4 Å². The lowest BCUT2D eigenvalue weighted by Gasteiger charge is -2.14. The van der Waals surface area contributed by atoms with Crippen molar-refractivity contribution in [2.45, 2.75) is 18.2 Å². The lowest BCUT2D eigenvalue weighted by atomic mass is 10.1. The summed E-state index contributed by atoms with van der Waals surface area (Å²) in [7, 11) is -1.23. The smallest absolute Gasteiger partial charge is 0.270 e. The van der Waals surface area contributed by atoms with Crippen LogP contribution in [0.2, 0.25) is 0 Å². The van der Waals surface area contributed by atoms with E-state index in [2.05, 4.69) is 15.2 Å². The molecule has 0 bridgehead atoms. The molecule has 0 radical (unpaired) electrons. The van der Waals surface area contributed by atoms with Gasteiger partial charge in [0.25, 0.3) is 15.7 Å². The van der Waals surface area contributed by atoms with Crippen molar-refractivity contribution in [2.75, 3.05) is 24.4 Å². The van der Waals surface area contributed by atoms with E-state index in [9.17, 15) is 18.5 Å². The SMILES string of the molecule is COc1ccc(C/C(C)=N/Nc2ccc([N+](=O)[O-])cc2S(=O)(=O)Nc2ccccc2OC)cc1. The predicted octanol–water partition coefficient (Wildman–Crippen LogP) is 4.44. The molecule has 0 aromatic heterocycles. The predicted molar refractivity (Wildman–Crippen MR) is 130 cm³/mol. The number of nitrogens with zero attached hydrogens (tertiary/aromatic N) is 2. The summed E-state index contributed by atoms with van der Waals surface area (Å²) in [6.07, 6.45) is 0.505.